The van der Waals surface area contributed by atoms with E-state index >= 15 is 0 Å². The van der Waals surface area contributed by atoms with Crippen molar-refractivity contribution in [2.24, 2.45) is 0 Å². The first-order valence-electron chi connectivity index (χ1n) is 7.58. The predicted octanol–water partition coefficient (Wildman–Crippen LogP) is 2.96. The van der Waals surface area contributed by atoms with Gasteiger partial charge >= 0.3 is 0 Å². The third-order valence-electron chi connectivity index (χ3n) is 4.21. The summed E-state index contributed by atoms with van der Waals surface area (Å²) in [7, 11) is 2.21. The molecule has 1 unspecified atom stereocenters. The van der Waals surface area contributed by atoms with Gasteiger partial charge in [0, 0.05) is 35.6 Å². The first-order valence-corrected chi connectivity index (χ1v) is 8.37. The molecule has 110 valence electrons. The number of hydrogen-bond donors (Lipinski definition) is 1. The van der Waals surface area contributed by atoms with Crippen LogP contribution >= 0.6 is 15.9 Å². The van der Waals surface area contributed by atoms with Gasteiger partial charge in [0.2, 0.25) is 0 Å². The van der Waals surface area contributed by atoms with E-state index in [1.807, 2.05) is 0 Å². The molecule has 0 aliphatic carbocycles. The Morgan fingerprint density at radius 1 is 1.40 bits per heavy atom. The van der Waals surface area contributed by atoms with Crippen molar-refractivity contribution in [1.29, 1.82) is 0 Å². The number of hydrogen-bond acceptors (Lipinski definition) is 3. The number of ether oxygens (including phenoxy) is 1. The molecule has 0 saturated carbocycles. The minimum absolute atomic E-state index is 0.648. The van der Waals surface area contributed by atoms with Crippen molar-refractivity contribution >= 4 is 15.9 Å². The summed E-state index contributed by atoms with van der Waals surface area (Å²) < 4.78 is 6.98. The van der Waals surface area contributed by atoms with E-state index in [1.54, 1.807) is 0 Å². The van der Waals surface area contributed by atoms with E-state index < -0.39 is 0 Å². The Morgan fingerprint density at radius 3 is 3.10 bits per heavy atom. The Morgan fingerprint density at radius 2 is 2.30 bits per heavy atom. The van der Waals surface area contributed by atoms with Gasteiger partial charge in [-0.15, -0.1) is 0 Å². The van der Waals surface area contributed by atoms with Gasteiger partial charge in [-0.3, -0.25) is 0 Å². The quantitative estimate of drug-likeness (QED) is 0.913. The standard InChI is InChI=1S/C16H23BrN2O/c1-19(11-15-4-2-3-6-18-15)10-13-9-14(17)8-12-5-7-20-16(12)13/h8-9,15,18H,2-7,10-11H2,1H3. The van der Waals surface area contributed by atoms with Crippen LogP contribution in [-0.2, 0) is 13.0 Å². The average molecular weight is 339 g/mol. The van der Waals surface area contributed by atoms with Gasteiger partial charge in [-0.25, -0.2) is 0 Å². The normalized spacial score (nSPS) is 21.9. The molecule has 2 aliphatic heterocycles. The number of rotatable bonds is 4. The molecular formula is C16H23BrN2O. The van der Waals surface area contributed by atoms with E-state index in [2.05, 4.69) is 45.3 Å². The van der Waals surface area contributed by atoms with E-state index in [9.17, 15) is 0 Å². The molecule has 2 heterocycles. The van der Waals surface area contributed by atoms with Crippen molar-refractivity contribution in [3.63, 3.8) is 0 Å². The van der Waals surface area contributed by atoms with Crippen LogP contribution in [0, 0.1) is 0 Å². The highest BCUT2D eigenvalue weighted by molar-refractivity contribution is 9.10. The molecule has 20 heavy (non-hydrogen) atoms. The zero-order valence-corrected chi connectivity index (χ0v) is 13.7. The molecule has 1 N–H and O–H groups in total. The molecule has 0 bridgehead atoms. The van der Waals surface area contributed by atoms with Gasteiger partial charge in [0.05, 0.1) is 6.61 Å². The molecule has 0 spiro atoms. The Kier molecular flexibility index (Phi) is 4.64. The van der Waals surface area contributed by atoms with Crippen molar-refractivity contribution in [3.05, 3.63) is 27.7 Å². The topological polar surface area (TPSA) is 24.5 Å². The smallest absolute Gasteiger partial charge is 0.127 e. The van der Waals surface area contributed by atoms with E-state index in [0.29, 0.717) is 6.04 Å². The van der Waals surface area contributed by atoms with Crippen LogP contribution in [0.4, 0.5) is 0 Å². The monoisotopic (exact) mass is 338 g/mol. The summed E-state index contributed by atoms with van der Waals surface area (Å²) in [6, 6.07) is 5.04. The lowest BCUT2D eigenvalue weighted by Gasteiger charge is -2.28. The number of benzene rings is 1. The molecular weight excluding hydrogens is 316 g/mol. The number of likely N-dealkylation sites (N-methyl/N-ethyl adjacent to an activating group) is 1. The van der Waals surface area contributed by atoms with Crippen molar-refractivity contribution in [1.82, 2.24) is 10.2 Å². The number of piperidine rings is 1. The second-order valence-electron chi connectivity index (χ2n) is 6.00. The van der Waals surface area contributed by atoms with Crippen molar-refractivity contribution < 1.29 is 4.74 Å². The van der Waals surface area contributed by atoms with E-state index in [4.69, 9.17) is 4.74 Å². The van der Waals surface area contributed by atoms with Gasteiger partial charge < -0.3 is 15.0 Å². The third-order valence-corrected chi connectivity index (χ3v) is 4.67. The molecule has 0 amide bonds. The second kappa shape index (κ2) is 6.46. The fourth-order valence-electron chi connectivity index (χ4n) is 3.27. The highest BCUT2D eigenvalue weighted by atomic mass is 79.9. The number of halogens is 1. The average Bonchev–Trinajstić information content (AvgIpc) is 2.88. The van der Waals surface area contributed by atoms with E-state index in [0.717, 1.165) is 31.9 Å². The fraction of sp³-hybridized carbons (Fsp3) is 0.625. The molecule has 1 atom stereocenters. The van der Waals surface area contributed by atoms with Crippen LogP contribution in [0.2, 0.25) is 0 Å². The van der Waals surface area contributed by atoms with Crippen LogP contribution in [0.1, 0.15) is 30.4 Å². The minimum Gasteiger partial charge on any atom is -0.493 e. The predicted molar refractivity (Wildman–Crippen MR) is 85.3 cm³/mol. The molecule has 1 fully saturated rings. The largest absolute Gasteiger partial charge is 0.493 e. The first-order chi connectivity index (χ1) is 9.72. The Bertz CT molecular complexity index is 472. The lowest BCUT2D eigenvalue weighted by Crippen LogP contribution is -2.42. The van der Waals surface area contributed by atoms with Crippen LogP contribution < -0.4 is 10.1 Å². The van der Waals surface area contributed by atoms with Crippen LogP contribution in [0.15, 0.2) is 16.6 Å². The lowest BCUT2D eigenvalue weighted by molar-refractivity contribution is 0.252. The molecule has 1 saturated heterocycles. The maximum absolute atomic E-state index is 5.81. The molecule has 0 aromatic heterocycles. The minimum atomic E-state index is 0.648. The summed E-state index contributed by atoms with van der Waals surface area (Å²) in [4.78, 5) is 2.41. The lowest BCUT2D eigenvalue weighted by atomic mass is 10.0. The summed E-state index contributed by atoms with van der Waals surface area (Å²) in [6.07, 6.45) is 5.03. The number of nitrogens with one attached hydrogen (secondary N) is 1. The highest BCUT2D eigenvalue weighted by Gasteiger charge is 2.20. The van der Waals surface area contributed by atoms with Crippen molar-refractivity contribution in [2.75, 3.05) is 26.7 Å². The van der Waals surface area contributed by atoms with Crippen LogP contribution in [-0.4, -0.2) is 37.7 Å². The maximum Gasteiger partial charge on any atom is 0.127 e. The van der Waals surface area contributed by atoms with Gasteiger partial charge in [0.1, 0.15) is 5.75 Å². The summed E-state index contributed by atoms with van der Waals surface area (Å²) in [5.41, 5.74) is 2.66. The molecule has 3 rings (SSSR count). The Hall–Kier alpha value is -0.580. The Balaban J connectivity index is 1.65. The fourth-order valence-corrected chi connectivity index (χ4v) is 3.83. The number of nitrogens with zero attached hydrogens (tertiary/aromatic N) is 1. The third kappa shape index (κ3) is 3.35. The second-order valence-corrected chi connectivity index (χ2v) is 6.91. The summed E-state index contributed by atoms with van der Waals surface area (Å²) in [5, 5.41) is 3.62. The molecule has 1 aromatic rings. The van der Waals surface area contributed by atoms with Gasteiger partial charge in [0.25, 0.3) is 0 Å². The SMILES string of the molecule is CN(Cc1cc(Br)cc2c1OCC2)CC1CCCCN1. The van der Waals surface area contributed by atoms with Gasteiger partial charge in [-0.1, -0.05) is 22.4 Å². The molecule has 3 nitrogen and oxygen atoms in total. The van der Waals surface area contributed by atoms with Crippen LogP contribution in [0.5, 0.6) is 5.75 Å². The molecule has 0 radical (unpaired) electrons. The van der Waals surface area contributed by atoms with Gasteiger partial charge in [0.15, 0.2) is 0 Å². The molecule has 1 aromatic carbocycles. The zero-order chi connectivity index (χ0) is 13.9. The summed E-state index contributed by atoms with van der Waals surface area (Å²) >= 11 is 3.62. The van der Waals surface area contributed by atoms with E-state index in [1.165, 1.54) is 41.4 Å². The molecule has 2 aliphatic rings. The van der Waals surface area contributed by atoms with Gasteiger partial charge in [-0.2, -0.15) is 0 Å². The highest BCUT2D eigenvalue weighted by Crippen LogP contribution is 2.33. The van der Waals surface area contributed by atoms with Crippen molar-refractivity contribution in [3.8, 4) is 5.75 Å². The summed E-state index contributed by atoms with van der Waals surface area (Å²) in [5.74, 6) is 1.12. The van der Waals surface area contributed by atoms with Crippen LogP contribution in [0.25, 0.3) is 0 Å². The van der Waals surface area contributed by atoms with Gasteiger partial charge in [-0.05, 0) is 44.1 Å². The maximum atomic E-state index is 5.81. The van der Waals surface area contributed by atoms with Crippen LogP contribution in [0.3, 0.4) is 0 Å². The van der Waals surface area contributed by atoms with E-state index in [-0.39, 0.29) is 0 Å². The number of fused-ring (bicyclic) bond motifs is 1. The Labute approximate surface area is 129 Å². The molecule has 4 heteroatoms. The summed E-state index contributed by atoms with van der Waals surface area (Å²) in [6.45, 7) is 4.07. The first kappa shape index (κ1) is 14.4. The zero-order valence-electron chi connectivity index (χ0n) is 12.1. The van der Waals surface area contributed by atoms with Crippen molar-refractivity contribution in [2.45, 2.75) is 38.3 Å².